The van der Waals surface area contributed by atoms with E-state index in [1.807, 2.05) is 6.07 Å². The second kappa shape index (κ2) is 4.62. The van der Waals surface area contributed by atoms with Gasteiger partial charge < -0.3 is 10.1 Å². The Kier molecular flexibility index (Phi) is 2.76. The fraction of sp³-hybridized carbons (Fsp3) is 0.500. The maximum atomic E-state index is 9.40. The van der Waals surface area contributed by atoms with Crippen LogP contribution in [-0.4, -0.2) is 40.8 Å². The summed E-state index contributed by atoms with van der Waals surface area (Å²) in [5, 5.41) is 13.0. The summed E-state index contributed by atoms with van der Waals surface area (Å²) in [5.74, 6) is 2.20. The summed E-state index contributed by atoms with van der Waals surface area (Å²) in [6, 6.07) is 10.6. The summed E-state index contributed by atoms with van der Waals surface area (Å²) in [6.07, 6.45) is 3.63. The molecule has 0 radical (unpaired) electrons. The van der Waals surface area contributed by atoms with Gasteiger partial charge in [-0.1, -0.05) is 35.5 Å². The minimum atomic E-state index is 0.264. The average Bonchev–Trinajstić information content (AvgIpc) is 3.22. The monoisotopic (exact) mass is 269 g/mol. The van der Waals surface area contributed by atoms with Crippen LogP contribution in [0.5, 0.6) is 0 Å². The predicted octanol–water partition coefficient (Wildman–Crippen LogP) is 2.38. The van der Waals surface area contributed by atoms with Gasteiger partial charge in [-0.3, -0.25) is 4.99 Å². The molecule has 0 aromatic heterocycles. The largest absolute Gasteiger partial charge is 0.411 e. The molecule has 20 heavy (non-hydrogen) atoms. The van der Waals surface area contributed by atoms with Crippen molar-refractivity contribution in [3.05, 3.63) is 35.9 Å². The van der Waals surface area contributed by atoms with Crippen LogP contribution < -0.4 is 0 Å². The first-order chi connectivity index (χ1) is 9.88. The van der Waals surface area contributed by atoms with Gasteiger partial charge in [0.05, 0.1) is 18.3 Å². The third-order valence-electron chi connectivity index (χ3n) is 5.00. The average molecular weight is 269 g/mol. The van der Waals surface area contributed by atoms with E-state index >= 15 is 0 Å². The van der Waals surface area contributed by atoms with Crippen LogP contribution in [0.15, 0.2) is 40.5 Å². The number of nitrogens with zero attached hydrogens (tertiary/aromatic N) is 3. The van der Waals surface area contributed by atoms with Crippen molar-refractivity contribution in [3.8, 4) is 0 Å². The van der Waals surface area contributed by atoms with Crippen molar-refractivity contribution in [2.75, 3.05) is 13.1 Å². The van der Waals surface area contributed by atoms with Crippen LogP contribution in [-0.2, 0) is 0 Å². The third-order valence-corrected chi connectivity index (χ3v) is 5.00. The van der Waals surface area contributed by atoms with Crippen LogP contribution >= 0.6 is 0 Å². The first-order valence-electron chi connectivity index (χ1n) is 7.47. The van der Waals surface area contributed by atoms with E-state index in [0.29, 0.717) is 11.8 Å². The standard InChI is InChI=1S/C16H19N3O/c20-18-14-12-6-7-13(10-12)15(14)19-9-8-17-16(19)11-4-2-1-3-5-11/h1-5,12-13,15,20H,6-10H2/b18-14+/t12-,13-,15+/m0/s1. The highest BCUT2D eigenvalue weighted by atomic mass is 16.4. The Morgan fingerprint density at radius 3 is 2.85 bits per heavy atom. The van der Waals surface area contributed by atoms with Crippen molar-refractivity contribution in [2.24, 2.45) is 22.0 Å². The van der Waals surface area contributed by atoms with E-state index in [1.165, 1.54) is 24.8 Å². The second-order valence-corrected chi connectivity index (χ2v) is 6.00. The highest BCUT2D eigenvalue weighted by molar-refractivity contribution is 6.04. The number of rotatable bonds is 2. The zero-order chi connectivity index (χ0) is 13.5. The normalized spacial score (nSPS) is 34.0. The summed E-state index contributed by atoms with van der Waals surface area (Å²) in [4.78, 5) is 7.06. The van der Waals surface area contributed by atoms with Gasteiger partial charge in [-0.15, -0.1) is 0 Å². The first-order valence-corrected chi connectivity index (χ1v) is 7.47. The molecule has 0 saturated heterocycles. The van der Waals surface area contributed by atoms with E-state index in [0.717, 1.165) is 24.6 Å². The molecule has 1 aromatic rings. The summed E-state index contributed by atoms with van der Waals surface area (Å²) < 4.78 is 0. The van der Waals surface area contributed by atoms with Crippen molar-refractivity contribution in [1.29, 1.82) is 0 Å². The van der Waals surface area contributed by atoms with Gasteiger partial charge in [0.2, 0.25) is 0 Å². The van der Waals surface area contributed by atoms with Crippen molar-refractivity contribution in [2.45, 2.75) is 25.3 Å². The topological polar surface area (TPSA) is 48.2 Å². The molecule has 0 unspecified atom stereocenters. The van der Waals surface area contributed by atoms with E-state index in [1.54, 1.807) is 0 Å². The van der Waals surface area contributed by atoms with Gasteiger partial charge in [0.15, 0.2) is 0 Å². The van der Waals surface area contributed by atoms with Gasteiger partial charge in [-0.05, 0) is 25.2 Å². The molecule has 104 valence electrons. The fourth-order valence-corrected chi connectivity index (χ4v) is 4.19. The molecule has 1 aromatic carbocycles. The number of amidine groups is 1. The quantitative estimate of drug-likeness (QED) is 0.662. The molecule has 1 heterocycles. The van der Waals surface area contributed by atoms with Gasteiger partial charge in [0, 0.05) is 18.0 Å². The van der Waals surface area contributed by atoms with Crippen LogP contribution in [0, 0.1) is 11.8 Å². The molecule has 0 amide bonds. The molecule has 4 rings (SSSR count). The van der Waals surface area contributed by atoms with Crippen molar-refractivity contribution in [1.82, 2.24) is 4.90 Å². The van der Waals surface area contributed by atoms with Crippen LogP contribution in [0.3, 0.4) is 0 Å². The van der Waals surface area contributed by atoms with Crippen LogP contribution in [0.25, 0.3) is 0 Å². The lowest BCUT2D eigenvalue weighted by Crippen LogP contribution is -2.47. The molecule has 3 atom stereocenters. The van der Waals surface area contributed by atoms with Crippen LogP contribution in [0.2, 0.25) is 0 Å². The van der Waals surface area contributed by atoms with Gasteiger partial charge in [0.25, 0.3) is 0 Å². The summed E-state index contributed by atoms with van der Waals surface area (Å²) in [7, 11) is 0. The molecule has 4 heteroatoms. The first kappa shape index (κ1) is 11.9. The van der Waals surface area contributed by atoms with E-state index in [2.05, 4.69) is 34.3 Å². The second-order valence-electron chi connectivity index (χ2n) is 6.00. The Bertz CT molecular complexity index is 566. The van der Waals surface area contributed by atoms with Crippen LogP contribution in [0.1, 0.15) is 24.8 Å². The lowest BCUT2D eigenvalue weighted by atomic mass is 9.91. The number of fused-ring (bicyclic) bond motifs is 2. The molecule has 1 aliphatic heterocycles. The van der Waals surface area contributed by atoms with Crippen molar-refractivity contribution in [3.63, 3.8) is 0 Å². The lowest BCUT2D eigenvalue weighted by molar-refractivity contribution is 0.286. The van der Waals surface area contributed by atoms with Gasteiger partial charge in [0.1, 0.15) is 5.84 Å². The summed E-state index contributed by atoms with van der Waals surface area (Å²) in [5.41, 5.74) is 2.16. The summed E-state index contributed by atoms with van der Waals surface area (Å²) >= 11 is 0. The number of oxime groups is 1. The summed E-state index contributed by atoms with van der Waals surface area (Å²) in [6.45, 7) is 1.79. The molecular formula is C16H19N3O. The molecule has 2 fully saturated rings. The molecule has 1 N–H and O–H groups in total. The molecule has 4 nitrogen and oxygen atoms in total. The van der Waals surface area contributed by atoms with E-state index in [4.69, 9.17) is 4.99 Å². The Balaban J connectivity index is 1.67. The van der Waals surface area contributed by atoms with E-state index in [-0.39, 0.29) is 6.04 Å². The molecular weight excluding hydrogens is 250 g/mol. The molecule has 2 aliphatic carbocycles. The smallest absolute Gasteiger partial charge is 0.131 e. The number of aliphatic imine (C=N–C) groups is 1. The maximum absolute atomic E-state index is 9.40. The molecule has 0 spiro atoms. The van der Waals surface area contributed by atoms with Crippen molar-refractivity contribution >= 4 is 11.5 Å². The molecule has 3 aliphatic rings. The van der Waals surface area contributed by atoms with E-state index < -0.39 is 0 Å². The van der Waals surface area contributed by atoms with Crippen molar-refractivity contribution < 1.29 is 5.21 Å². The third kappa shape index (κ3) is 1.67. The maximum Gasteiger partial charge on any atom is 0.131 e. The van der Waals surface area contributed by atoms with Gasteiger partial charge >= 0.3 is 0 Å². The minimum Gasteiger partial charge on any atom is -0.411 e. The molecule has 2 bridgehead atoms. The zero-order valence-electron chi connectivity index (χ0n) is 11.4. The Morgan fingerprint density at radius 1 is 1.20 bits per heavy atom. The number of benzene rings is 1. The zero-order valence-corrected chi connectivity index (χ0v) is 11.4. The lowest BCUT2D eigenvalue weighted by Gasteiger charge is -2.34. The highest BCUT2D eigenvalue weighted by Gasteiger charge is 2.49. The van der Waals surface area contributed by atoms with Gasteiger partial charge in [-0.2, -0.15) is 0 Å². The van der Waals surface area contributed by atoms with E-state index in [9.17, 15) is 5.21 Å². The van der Waals surface area contributed by atoms with Gasteiger partial charge in [-0.25, -0.2) is 0 Å². The number of hydrogen-bond acceptors (Lipinski definition) is 4. The minimum absolute atomic E-state index is 0.264. The predicted molar refractivity (Wildman–Crippen MR) is 78.4 cm³/mol. The Morgan fingerprint density at radius 2 is 2.05 bits per heavy atom. The highest BCUT2D eigenvalue weighted by Crippen LogP contribution is 2.45. The SMILES string of the molecule is O/N=C1\[C@H]2CC[C@@H](C2)[C@H]1N1CCN=C1c1ccccc1. The Hall–Kier alpha value is -1.84. The Labute approximate surface area is 118 Å². The molecule has 2 saturated carbocycles. The fourth-order valence-electron chi connectivity index (χ4n) is 4.19. The van der Waals surface area contributed by atoms with Crippen LogP contribution in [0.4, 0.5) is 0 Å². The number of hydrogen-bond donors (Lipinski definition) is 1.